The molecule has 0 unspecified atom stereocenters. The molecule has 0 saturated carbocycles. The van der Waals surface area contributed by atoms with Crippen LogP contribution in [-0.2, 0) is 9.59 Å². The number of carboxylic acids is 1. The molecule has 0 aromatic heterocycles. The van der Waals surface area contributed by atoms with E-state index in [4.69, 9.17) is 9.84 Å². The van der Waals surface area contributed by atoms with Crippen LogP contribution in [0.3, 0.4) is 0 Å². The van der Waals surface area contributed by atoms with Gasteiger partial charge in [-0.2, -0.15) is 5.10 Å². The van der Waals surface area contributed by atoms with Gasteiger partial charge in [-0.1, -0.05) is 42.5 Å². The van der Waals surface area contributed by atoms with Gasteiger partial charge in [0, 0.05) is 12.8 Å². The van der Waals surface area contributed by atoms with E-state index in [-0.39, 0.29) is 24.8 Å². The Morgan fingerprint density at radius 1 is 1.15 bits per heavy atom. The van der Waals surface area contributed by atoms with Crippen molar-refractivity contribution in [3.63, 3.8) is 0 Å². The summed E-state index contributed by atoms with van der Waals surface area (Å²) >= 11 is 0. The second-order valence-electron chi connectivity index (χ2n) is 6.04. The topological polar surface area (TPSA) is 79.2 Å². The van der Waals surface area contributed by atoms with Crippen molar-refractivity contribution in [2.75, 3.05) is 7.11 Å². The monoisotopic (exact) mass is 352 g/mol. The van der Waals surface area contributed by atoms with E-state index in [0.29, 0.717) is 12.2 Å². The molecule has 2 aromatic carbocycles. The predicted molar refractivity (Wildman–Crippen MR) is 97.0 cm³/mol. The van der Waals surface area contributed by atoms with E-state index in [0.717, 1.165) is 16.8 Å². The number of carbonyl (C=O) groups excluding carboxylic acids is 1. The molecule has 3 rings (SSSR count). The number of hydrogen-bond acceptors (Lipinski definition) is 4. The van der Waals surface area contributed by atoms with Crippen molar-refractivity contribution in [2.24, 2.45) is 5.10 Å². The number of carboxylic acid groups (broad SMARTS) is 1. The lowest BCUT2D eigenvalue weighted by molar-refractivity contribution is -0.141. The normalized spacial score (nSPS) is 16.3. The Hall–Kier alpha value is -3.15. The summed E-state index contributed by atoms with van der Waals surface area (Å²) in [7, 11) is 1.59. The van der Waals surface area contributed by atoms with Crippen molar-refractivity contribution in [1.29, 1.82) is 0 Å². The molecule has 6 heteroatoms. The average Bonchev–Trinajstić information content (AvgIpc) is 3.12. The van der Waals surface area contributed by atoms with E-state index in [9.17, 15) is 9.59 Å². The fraction of sp³-hybridized carbons (Fsp3) is 0.250. The lowest BCUT2D eigenvalue weighted by Gasteiger charge is -2.22. The summed E-state index contributed by atoms with van der Waals surface area (Å²) in [6.45, 7) is 0. The van der Waals surface area contributed by atoms with Crippen LogP contribution in [0.15, 0.2) is 59.7 Å². The number of methoxy groups -OCH3 is 1. The van der Waals surface area contributed by atoms with E-state index >= 15 is 0 Å². The number of nitrogens with zero attached hydrogens (tertiary/aromatic N) is 2. The highest BCUT2D eigenvalue weighted by molar-refractivity contribution is 6.03. The fourth-order valence-electron chi connectivity index (χ4n) is 2.98. The maximum atomic E-state index is 12.6. The van der Waals surface area contributed by atoms with Gasteiger partial charge >= 0.3 is 5.97 Å². The van der Waals surface area contributed by atoms with Crippen molar-refractivity contribution in [2.45, 2.75) is 25.3 Å². The number of hydrogen-bond donors (Lipinski definition) is 1. The Balaban J connectivity index is 1.91. The summed E-state index contributed by atoms with van der Waals surface area (Å²) in [5.41, 5.74) is 2.67. The number of hydrazone groups is 1. The van der Waals surface area contributed by atoms with Gasteiger partial charge in [-0.25, -0.2) is 5.01 Å². The van der Waals surface area contributed by atoms with Crippen LogP contribution < -0.4 is 4.74 Å². The molecule has 26 heavy (non-hydrogen) atoms. The Morgan fingerprint density at radius 2 is 1.92 bits per heavy atom. The minimum atomic E-state index is -0.997. The molecule has 1 aliphatic rings. The van der Waals surface area contributed by atoms with Crippen molar-refractivity contribution < 1.29 is 19.4 Å². The second-order valence-corrected chi connectivity index (χ2v) is 6.04. The van der Waals surface area contributed by atoms with Crippen LogP contribution >= 0.6 is 0 Å². The molecule has 0 aliphatic carbocycles. The van der Waals surface area contributed by atoms with Crippen LogP contribution in [0.5, 0.6) is 5.75 Å². The second kappa shape index (κ2) is 7.82. The van der Waals surface area contributed by atoms with E-state index in [1.165, 1.54) is 5.01 Å². The van der Waals surface area contributed by atoms with Crippen LogP contribution in [0.2, 0.25) is 0 Å². The maximum absolute atomic E-state index is 12.6. The van der Waals surface area contributed by atoms with E-state index in [2.05, 4.69) is 5.10 Å². The Labute approximate surface area is 151 Å². The molecule has 1 aliphatic heterocycles. The maximum Gasteiger partial charge on any atom is 0.303 e. The highest BCUT2D eigenvalue weighted by Gasteiger charge is 2.33. The molecule has 2 aromatic rings. The highest BCUT2D eigenvalue weighted by Crippen LogP contribution is 2.34. The first-order chi connectivity index (χ1) is 12.6. The molecule has 1 atom stereocenters. The van der Waals surface area contributed by atoms with Crippen LogP contribution in [0.1, 0.15) is 36.4 Å². The quantitative estimate of drug-likeness (QED) is 0.865. The number of rotatable bonds is 6. The van der Waals surface area contributed by atoms with E-state index in [1.807, 2.05) is 54.6 Å². The lowest BCUT2D eigenvalue weighted by atomic mass is 9.98. The molecule has 1 heterocycles. The Kier molecular flexibility index (Phi) is 5.31. The largest absolute Gasteiger partial charge is 0.497 e. The summed E-state index contributed by atoms with van der Waals surface area (Å²) in [5, 5.41) is 14.8. The highest BCUT2D eigenvalue weighted by atomic mass is 16.5. The van der Waals surface area contributed by atoms with Gasteiger partial charge in [0.15, 0.2) is 0 Å². The summed E-state index contributed by atoms with van der Waals surface area (Å²) < 4.78 is 5.28. The van der Waals surface area contributed by atoms with Gasteiger partial charge in [0.05, 0.1) is 25.3 Å². The van der Waals surface area contributed by atoms with Gasteiger partial charge in [-0.3, -0.25) is 9.59 Å². The molecule has 6 nitrogen and oxygen atoms in total. The molecule has 0 bridgehead atoms. The van der Waals surface area contributed by atoms with Gasteiger partial charge in [0.1, 0.15) is 5.75 Å². The van der Waals surface area contributed by atoms with E-state index in [1.54, 1.807) is 7.11 Å². The van der Waals surface area contributed by atoms with Crippen molar-refractivity contribution in [3.8, 4) is 5.75 Å². The first-order valence-corrected chi connectivity index (χ1v) is 8.39. The summed E-state index contributed by atoms with van der Waals surface area (Å²) in [6.07, 6.45) is 0.272. The average molecular weight is 352 g/mol. The van der Waals surface area contributed by atoms with Crippen LogP contribution in [0.4, 0.5) is 0 Å². The SMILES string of the molecule is COc1cccc([C@H]2CC(c3ccccc3)=NN2C(=O)CCC(=O)O)c1. The van der Waals surface area contributed by atoms with Gasteiger partial charge in [-0.05, 0) is 23.3 Å². The van der Waals surface area contributed by atoms with Gasteiger partial charge < -0.3 is 9.84 Å². The molecular formula is C20H20N2O4. The first-order valence-electron chi connectivity index (χ1n) is 8.39. The number of aliphatic carboxylic acids is 1. The predicted octanol–water partition coefficient (Wildman–Crippen LogP) is 3.24. The zero-order valence-electron chi connectivity index (χ0n) is 14.5. The van der Waals surface area contributed by atoms with Crippen LogP contribution in [0, 0.1) is 0 Å². The number of amides is 1. The number of ether oxygens (including phenoxy) is 1. The summed E-state index contributed by atoms with van der Waals surface area (Å²) in [6, 6.07) is 16.9. The molecule has 1 amide bonds. The standard InChI is InChI=1S/C20H20N2O4/c1-26-16-9-5-8-15(12-16)18-13-17(14-6-3-2-4-7-14)21-22(18)19(23)10-11-20(24)25/h2-9,12,18H,10-11,13H2,1H3,(H,24,25)/t18-/m1/s1. The van der Waals surface area contributed by atoms with Gasteiger partial charge in [-0.15, -0.1) is 0 Å². The van der Waals surface area contributed by atoms with Crippen LogP contribution in [0.25, 0.3) is 0 Å². The smallest absolute Gasteiger partial charge is 0.303 e. The number of benzene rings is 2. The van der Waals surface area contributed by atoms with Crippen LogP contribution in [-0.4, -0.2) is 34.8 Å². The Bertz CT molecular complexity index is 833. The zero-order valence-corrected chi connectivity index (χ0v) is 14.5. The third-order valence-corrected chi connectivity index (χ3v) is 4.30. The third-order valence-electron chi connectivity index (χ3n) is 4.30. The minimum absolute atomic E-state index is 0.0820. The van der Waals surface area contributed by atoms with Gasteiger partial charge in [0.25, 0.3) is 0 Å². The summed E-state index contributed by atoms with van der Waals surface area (Å²) in [4.78, 5) is 23.4. The Morgan fingerprint density at radius 3 is 2.62 bits per heavy atom. The number of carbonyl (C=O) groups is 2. The molecule has 0 saturated heterocycles. The van der Waals surface area contributed by atoms with Crippen molar-refractivity contribution >= 4 is 17.6 Å². The zero-order chi connectivity index (χ0) is 18.5. The molecule has 134 valence electrons. The third kappa shape index (κ3) is 3.91. The van der Waals surface area contributed by atoms with Gasteiger partial charge in [0.2, 0.25) is 5.91 Å². The first kappa shape index (κ1) is 17.7. The minimum Gasteiger partial charge on any atom is -0.497 e. The molecule has 0 spiro atoms. The molecule has 1 N–H and O–H groups in total. The van der Waals surface area contributed by atoms with E-state index < -0.39 is 5.97 Å². The fourth-order valence-corrected chi connectivity index (χ4v) is 2.98. The lowest BCUT2D eigenvalue weighted by Crippen LogP contribution is -2.27. The van der Waals surface area contributed by atoms with Crippen molar-refractivity contribution in [1.82, 2.24) is 5.01 Å². The summed E-state index contributed by atoms with van der Waals surface area (Å²) in [5.74, 6) is -0.595. The molecule has 0 fully saturated rings. The molecular weight excluding hydrogens is 332 g/mol. The van der Waals surface area contributed by atoms with Crippen molar-refractivity contribution in [3.05, 3.63) is 65.7 Å². The molecule has 0 radical (unpaired) electrons.